The van der Waals surface area contributed by atoms with Crippen LogP contribution in [-0.2, 0) is 9.84 Å². The van der Waals surface area contributed by atoms with Crippen molar-refractivity contribution < 1.29 is 8.42 Å². The van der Waals surface area contributed by atoms with Gasteiger partial charge in [-0.3, -0.25) is 5.41 Å². The highest BCUT2D eigenvalue weighted by Crippen LogP contribution is 2.66. The lowest BCUT2D eigenvalue weighted by Crippen LogP contribution is -2.78. The van der Waals surface area contributed by atoms with Crippen molar-refractivity contribution in [2.45, 2.75) is 69.9 Å². The second-order valence-electron chi connectivity index (χ2n) is 9.22. The first-order valence-corrected chi connectivity index (χ1v) is 11.8. The fraction of sp³-hybridized carbons (Fsp3) is 0.619. The monoisotopic (exact) mass is 404 g/mol. The third kappa shape index (κ3) is 3.56. The number of aliphatic imine (C=N–C) groups is 1. The fourth-order valence-electron chi connectivity index (χ4n) is 4.76. The number of hydrogen-bond donors (Lipinski definition) is 2. The highest BCUT2D eigenvalue weighted by Gasteiger charge is 2.67. The normalized spacial score (nSPS) is 26.9. The van der Waals surface area contributed by atoms with Gasteiger partial charge in [-0.1, -0.05) is 13.8 Å². The van der Waals surface area contributed by atoms with Gasteiger partial charge in [0, 0.05) is 29.4 Å². The summed E-state index contributed by atoms with van der Waals surface area (Å²) in [6.45, 7) is 11.1. The molecule has 0 aliphatic heterocycles. The smallest absolute Gasteiger partial charge is 0.221 e. The quantitative estimate of drug-likeness (QED) is 0.583. The minimum atomic E-state index is -3.23. The van der Waals surface area contributed by atoms with E-state index in [0.717, 1.165) is 18.2 Å². The van der Waals surface area contributed by atoms with Crippen molar-refractivity contribution in [1.29, 1.82) is 5.41 Å². The molecule has 0 heterocycles. The lowest BCUT2D eigenvalue weighted by molar-refractivity contribution is -0.198. The number of guanidine groups is 1. The lowest BCUT2D eigenvalue weighted by atomic mass is 9.41. The van der Waals surface area contributed by atoms with Crippen molar-refractivity contribution in [3.05, 3.63) is 24.3 Å². The van der Waals surface area contributed by atoms with Crippen LogP contribution in [0.3, 0.4) is 0 Å². The van der Waals surface area contributed by atoms with Crippen molar-refractivity contribution in [3.63, 3.8) is 0 Å². The molecule has 154 valence electrons. The number of rotatable bonds is 4. The molecule has 0 aromatic heterocycles. The Labute approximate surface area is 168 Å². The van der Waals surface area contributed by atoms with Crippen LogP contribution in [0.4, 0.5) is 5.69 Å². The Morgan fingerprint density at radius 1 is 1.29 bits per heavy atom. The summed E-state index contributed by atoms with van der Waals surface area (Å²) >= 11 is 0. The first-order valence-electron chi connectivity index (χ1n) is 9.92. The summed E-state index contributed by atoms with van der Waals surface area (Å²) in [5, 5.41) is 11.3. The summed E-state index contributed by atoms with van der Waals surface area (Å²) in [4.78, 5) is 7.35. The number of hydrogen-bond acceptors (Lipinski definition) is 3. The summed E-state index contributed by atoms with van der Waals surface area (Å²) in [5.41, 5.74) is 0.777. The molecular weight excluding hydrogens is 372 g/mol. The molecule has 3 aliphatic rings. The van der Waals surface area contributed by atoms with Gasteiger partial charge >= 0.3 is 0 Å². The minimum Gasteiger partial charge on any atom is -0.349 e. The van der Waals surface area contributed by atoms with Crippen LogP contribution in [0.5, 0.6) is 0 Å². The summed E-state index contributed by atoms with van der Waals surface area (Å²) in [5.74, 6) is 2.52. The van der Waals surface area contributed by atoms with Crippen molar-refractivity contribution in [1.82, 2.24) is 4.90 Å². The maximum absolute atomic E-state index is 11.6. The Morgan fingerprint density at radius 2 is 1.86 bits per heavy atom. The first-order chi connectivity index (χ1) is 12.9. The molecule has 3 fully saturated rings. The Hall–Kier alpha value is -1.89. The Morgan fingerprint density at radius 3 is 2.21 bits per heavy atom. The topological polar surface area (TPSA) is 85.6 Å². The Balaban J connectivity index is 1.80. The van der Waals surface area contributed by atoms with Crippen LogP contribution in [0.15, 0.2) is 34.2 Å². The van der Waals surface area contributed by atoms with Crippen molar-refractivity contribution in [2.75, 3.05) is 11.6 Å². The van der Waals surface area contributed by atoms with Crippen LogP contribution >= 0.6 is 0 Å². The van der Waals surface area contributed by atoms with E-state index in [-0.39, 0.29) is 21.9 Å². The molecule has 2 bridgehead atoms. The van der Waals surface area contributed by atoms with Crippen molar-refractivity contribution in [3.8, 4) is 0 Å². The zero-order chi connectivity index (χ0) is 20.9. The second kappa shape index (κ2) is 6.87. The molecule has 0 spiro atoms. The number of nitrogens with zero attached hydrogens (tertiary/aromatic N) is 2. The van der Waals surface area contributed by atoms with Gasteiger partial charge in [-0.2, -0.15) is 0 Å². The molecule has 3 saturated carbocycles. The van der Waals surface area contributed by atoms with Gasteiger partial charge in [0.2, 0.25) is 5.96 Å². The van der Waals surface area contributed by atoms with Crippen LogP contribution < -0.4 is 5.32 Å². The lowest BCUT2D eigenvalue weighted by Gasteiger charge is -2.74. The van der Waals surface area contributed by atoms with Gasteiger partial charge in [-0.25, -0.2) is 13.4 Å². The zero-order valence-corrected chi connectivity index (χ0v) is 18.5. The second-order valence-corrected chi connectivity index (χ2v) is 11.2. The molecule has 7 heteroatoms. The van der Waals surface area contributed by atoms with Gasteiger partial charge in [0.15, 0.2) is 9.84 Å². The summed E-state index contributed by atoms with van der Waals surface area (Å²) < 4.78 is 23.2. The molecule has 0 unspecified atom stereocenters. The molecule has 4 rings (SSSR count). The van der Waals surface area contributed by atoms with E-state index in [0.29, 0.717) is 11.6 Å². The fourth-order valence-corrected chi connectivity index (χ4v) is 5.39. The molecule has 1 aromatic rings. The molecular formula is C21H32N4O2S. The molecule has 0 radical (unpaired) electrons. The predicted octanol–water partition coefficient (Wildman–Crippen LogP) is 4.14. The largest absolute Gasteiger partial charge is 0.349 e. The highest BCUT2D eigenvalue weighted by molar-refractivity contribution is 7.90. The van der Waals surface area contributed by atoms with Crippen LogP contribution in [0.25, 0.3) is 0 Å². The molecule has 1 aromatic carbocycles. The molecule has 2 N–H and O–H groups in total. The summed E-state index contributed by atoms with van der Waals surface area (Å²) in [7, 11) is -3.23. The molecule has 0 amide bonds. The number of amidine groups is 1. The van der Waals surface area contributed by atoms with E-state index in [1.807, 2.05) is 0 Å². The third-order valence-corrected chi connectivity index (χ3v) is 7.39. The number of sulfone groups is 1. The third-order valence-electron chi connectivity index (χ3n) is 6.26. The van der Waals surface area contributed by atoms with Gasteiger partial charge in [-0.05, 0) is 69.7 Å². The van der Waals surface area contributed by atoms with E-state index < -0.39 is 9.84 Å². The van der Waals surface area contributed by atoms with E-state index in [1.54, 1.807) is 24.3 Å². The van der Waals surface area contributed by atoms with Crippen LogP contribution in [0.1, 0.15) is 53.9 Å². The van der Waals surface area contributed by atoms with E-state index in [1.165, 1.54) is 19.1 Å². The highest BCUT2D eigenvalue weighted by atomic mass is 32.2. The van der Waals surface area contributed by atoms with Gasteiger partial charge in [0.1, 0.15) is 5.84 Å². The van der Waals surface area contributed by atoms with Crippen LogP contribution in [-0.4, -0.2) is 42.4 Å². The van der Waals surface area contributed by atoms with E-state index in [2.05, 4.69) is 49.8 Å². The van der Waals surface area contributed by atoms with E-state index >= 15 is 0 Å². The molecule has 3 aliphatic carbocycles. The van der Waals surface area contributed by atoms with Gasteiger partial charge in [0.05, 0.1) is 4.90 Å². The zero-order valence-electron chi connectivity index (χ0n) is 17.7. The van der Waals surface area contributed by atoms with Crippen molar-refractivity contribution in [2.24, 2.45) is 16.8 Å². The summed E-state index contributed by atoms with van der Waals surface area (Å²) in [6, 6.07) is 6.41. The SMILES string of the molecule is CC/C(=N\C(=N)Nc1ccc(S(C)(=O)=O)cc1)N(C(C)(C)C)C12CC(C1)[C@H]2C. The van der Waals surface area contributed by atoms with Gasteiger partial charge in [0.25, 0.3) is 0 Å². The maximum Gasteiger partial charge on any atom is 0.221 e. The molecule has 1 atom stereocenters. The standard InChI is InChI=1S/C21H32N4O2S/c1-7-18(25(20(3,4)5)21-12-15(13-21)14(21)2)24-19(22)23-16-8-10-17(11-9-16)28(6,26)27/h8-11,14-15H,7,12-13H2,1-6H3,(H2,22,23)/b24-18+/t14-,15?,21?/m1/s1. The van der Waals surface area contributed by atoms with Gasteiger partial charge < -0.3 is 10.2 Å². The molecule has 28 heavy (non-hydrogen) atoms. The number of anilines is 1. The van der Waals surface area contributed by atoms with E-state index in [9.17, 15) is 8.42 Å². The van der Waals surface area contributed by atoms with Crippen molar-refractivity contribution >= 4 is 27.3 Å². The average molecular weight is 405 g/mol. The minimum absolute atomic E-state index is 0.0636. The molecule has 6 nitrogen and oxygen atoms in total. The average Bonchev–Trinajstić information content (AvgIpc) is 2.55. The maximum atomic E-state index is 11.6. The first kappa shape index (κ1) is 20.8. The Bertz CT molecular complexity index is 891. The predicted molar refractivity (Wildman–Crippen MR) is 115 cm³/mol. The van der Waals surface area contributed by atoms with Crippen LogP contribution in [0, 0.1) is 17.2 Å². The number of nitrogens with one attached hydrogen (secondary N) is 2. The molecule has 0 saturated heterocycles. The Kier molecular flexibility index (Phi) is 5.11. The van der Waals surface area contributed by atoms with Crippen LogP contribution in [0.2, 0.25) is 0 Å². The summed E-state index contributed by atoms with van der Waals surface area (Å²) in [6.07, 6.45) is 4.38. The van der Waals surface area contributed by atoms with Gasteiger partial charge in [-0.15, -0.1) is 0 Å². The van der Waals surface area contributed by atoms with E-state index in [4.69, 9.17) is 5.41 Å². The number of benzene rings is 1.